The van der Waals surface area contributed by atoms with Crippen LogP contribution in [0.4, 0.5) is 5.69 Å². The summed E-state index contributed by atoms with van der Waals surface area (Å²) in [5.74, 6) is 0.418. The largest absolute Gasteiger partial charge is 0.388 e. The number of anilines is 1. The van der Waals surface area contributed by atoms with Gasteiger partial charge in [-0.1, -0.05) is 26.0 Å². The molecular weight excluding hydrogens is 174 g/mol. The standard InChI is InChI=1S/C12H17NO/c1-9(2)12(14)8-10-4-6-11(13-3)7-5-10/h4-7,9,13H,8H2,1-3H3. The zero-order valence-corrected chi connectivity index (χ0v) is 9.00. The van der Waals surface area contributed by atoms with Gasteiger partial charge in [0.25, 0.3) is 0 Å². The van der Waals surface area contributed by atoms with Crippen LogP contribution in [0.25, 0.3) is 0 Å². The molecule has 1 rings (SSSR count). The molecule has 0 fully saturated rings. The second-order valence-electron chi connectivity index (χ2n) is 3.74. The van der Waals surface area contributed by atoms with Crippen LogP contribution in [0.1, 0.15) is 19.4 Å². The first-order chi connectivity index (χ1) is 6.63. The summed E-state index contributed by atoms with van der Waals surface area (Å²) in [6, 6.07) is 7.96. The summed E-state index contributed by atoms with van der Waals surface area (Å²) in [5.41, 5.74) is 2.16. The van der Waals surface area contributed by atoms with Gasteiger partial charge in [0.05, 0.1) is 0 Å². The van der Waals surface area contributed by atoms with Crippen LogP contribution >= 0.6 is 0 Å². The molecule has 0 saturated carbocycles. The lowest BCUT2D eigenvalue weighted by Gasteiger charge is -2.05. The molecule has 14 heavy (non-hydrogen) atoms. The highest BCUT2D eigenvalue weighted by atomic mass is 16.1. The molecular formula is C12H17NO. The summed E-state index contributed by atoms with van der Waals surface area (Å²) in [6.07, 6.45) is 0.543. The summed E-state index contributed by atoms with van der Waals surface area (Å²) in [7, 11) is 1.88. The first-order valence-electron chi connectivity index (χ1n) is 4.93. The molecule has 0 amide bonds. The highest BCUT2D eigenvalue weighted by Gasteiger charge is 2.07. The van der Waals surface area contributed by atoms with E-state index >= 15 is 0 Å². The average molecular weight is 191 g/mol. The van der Waals surface area contributed by atoms with Gasteiger partial charge in [0.2, 0.25) is 0 Å². The van der Waals surface area contributed by atoms with Gasteiger partial charge in [-0.25, -0.2) is 0 Å². The quantitative estimate of drug-likeness (QED) is 0.792. The highest BCUT2D eigenvalue weighted by molar-refractivity contribution is 5.82. The molecule has 1 aromatic rings. The molecule has 0 atom stereocenters. The minimum atomic E-state index is 0.124. The third kappa shape index (κ3) is 2.87. The summed E-state index contributed by atoms with van der Waals surface area (Å²) >= 11 is 0. The Morgan fingerprint density at radius 2 is 1.86 bits per heavy atom. The number of rotatable bonds is 4. The van der Waals surface area contributed by atoms with Gasteiger partial charge in [-0.2, -0.15) is 0 Å². The second kappa shape index (κ2) is 4.80. The van der Waals surface area contributed by atoms with Gasteiger partial charge < -0.3 is 5.32 Å². The van der Waals surface area contributed by atoms with Gasteiger partial charge in [-0.05, 0) is 17.7 Å². The SMILES string of the molecule is CNc1ccc(CC(=O)C(C)C)cc1. The van der Waals surface area contributed by atoms with Crippen LogP contribution in [0.3, 0.4) is 0 Å². The Balaban J connectivity index is 2.64. The summed E-state index contributed by atoms with van der Waals surface area (Å²) in [4.78, 5) is 11.5. The van der Waals surface area contributed by atoms with E-state index in [1.807, 2.05) is 45.2 Å². The Bertz CT molecular complexity index is 301. The van der Waals surface area contributed by atoms with Crippen molar-refractivity contribution < 1.29 is 4.79 Å². The zero-order chi connectivity index (χ0) is 10.6. The number of benzene rings is 1. The van der Waals surface area contributed by atoms with Crippen LogP contribution in [0.2, 0.25) is 0 Å². The number of hydrogen-bond acceptors (Lipinski definition) is 2. The Morgan fingerprint density at radius 3 is 2.29 bits per heavy atom. The second-order valence-corrected chi connectivity index (χ2v) is 3.74. The van der Waals surface area contributed by atoms with E-state index < -0.39 is 0 Å². The summed E-state index contributed by atoms with van der Waals surface area (Å²) in [5, 5.41) is 3.05. The lowest BCUT2D eigenvalue weighted by Crippen LogP contribution is -2.09. The minimum absolute atomic E-state index is 0.124. The maximum Gasteiger partial charge on any atom is 0.139 e. The topological polar surface area (TPSA) is 29.1 Å². The van der Waals surface area contributed by atoms with Crippen LogP contribution in [0, 0.1) is 5.92 Å². The van der Waals surface area contributed by atoms with E-state index in [2.05, 4.69) is 5.32 Å². The molecule has 0 unspecified atom stereocenters. The van der Waals surface area contributed by atoms with E-state index in [4.69, 9.17) is 0 Å². The fraction of sp³-hybridized carbons (Fsp3) is 0.417. The number of Topliss-reactive ketones (excluding diaryl/α,β-unsaturated/α-hetero) is 1. The molecule has 0 bridgehead atoms. The highest BCUT2D eigenvalue weighted by Crippen LogP contribution is 2.10. The van der Waals surface area contributed by atoms with E-state index in [-0.39, 0.29) is 5.92 Å². The summed E-state index contributed by atoms with van der Waals surface area (Å²) < 4.78 is 0. The van der Waals surface area contributed by atoms with E-state index in [1.165, 1.54) is 0 Å². The van der Waals surface area contributed by atoms with Crippen LogP contribution in [-0.2, 0) is 11.2 Å². The Morgan fingerprint density at radius 1 is 1.29 bits per heavy atom. The fourth-order valence-corrected chi connectivity index (χ4v) is 1.19. The normalized spacial score (nSPS) is 10.3. The van der Waals surface area contributed by atoms with Crippen molar-refractivity contribution in [2.45, 2.75) is 20.3 Å². The van der Waals surface area contributed by atoms with Gasteiger partial charge in [-0.15, -0.1) is 0 Å². The maximum absolute atomic E-state index is 11.5. The molecule has 2 heteroatoms. The van der Waals surface area contributed by atoms with Gasteiger partial charge in [-0.3, -0.25) is 4.79 Å². The molecule has 2 nitrogen and oxygen atoms in total. The average Bonchev–Trinajstić information content (AvgIpc) is 2.19. The molecule has 0 aliphatic heterocycles. The number of ketones is 1. The predicted octanol–water partition coefficient (Wildman–Crippen LogP) is 2.50. The Hall–Kier alpha value is -1.31. The van der Waals surface area contributed by atoms with Crippen LogP contribution in [0.5, 0.6) is 0 Å². The van der Waals surface area contributed by atoms with Gasteiger partial charge in [0.15, 0.2) is 0 Å². The number of carbonyl (C=O) groups is 1. The maximum atomic E-state index is 11.5. The fourth-order valence-electron chi connectivity index (χ4n) is 1.19. The van der Waals surface area contributed by atoms with Gasteiger partial charge >= 0.3 is 0 Å². The molecule has 0 aliphatic carbocycles. The van der Waals surface area contributed by atoms with E-state index in [0.29, 0.717) is 12.2 Å². The van der Waals surface area contributed by atoms with E-state index in [9.17, 15) is 4.79 Å². The minimum Gasteiger partial charge on any atom is -0.388 e. The first-order valence-corrected chi connectivity index (χ1v) is 4.93. The first kappa shape index (κ1) is 10.8. The number of hydrogen-bond donors (Lipinski definition) is 1. The van der Waals surface area contributed by atoms with Crippen LogP contribution < -0.4 is 5.32 Å². The number of nitrogens with one attached hydrogen (secondary N) is 1. The lowest BCUT2D eigenvalue weighted by molar-refractivity contribution is -0.121. The number of carbonyl (C=O) groups excluding carboxylic acids is 1. The zero-order valence-electron chi connectivity index (χ0n) is 9.00. The molecule has 76 valence electrons. The van der Waals surface area contributed by atoms with Crippen molar-refractivity contribution in [2.24, 2.45) is 5.92 Å². The molecule has 0 spiro atoms. The predicted molar refractivity (Wildman–Crippen MR) is 59.5 cm³/mol. The van der Waals surface area contributed by atoms with Crippen molar-refractivity contribution in [3.05, 3.63) is 29.8 Å². The van der Waals surface area contributed by atoms with Crippen LogP contribution in [-0.4, -0.2) is 12.8 Å². The van der Waals surface area contributed by atoms with Gasteiger partial charge in [0, 0.05) is 25.1 Å². The molecule has 0 saturated heterocycles. The molecule has 0 aliphatic rings. The summed E-state index contributed by atoms with van der Waals surface area (Å²) in [6.45, 7) is 3.87. The molecule has 1 aromatic carbocycles. The smallest absolute Gasteiger partial charge is 0.139 e. The molecule has 0 heterocycles. The van der Waals surface area contributed by atoms with Crippen molar-refractivity contribution in [3.8, 4) is 0 Å². The van der Waals surface area contributed by atoms with Crippen molar-refractivity contribution in [2.75, 3.05) is 12.4 Å². The molecule has 0 aromatic heterocycles. The third-order valence-electron chi connectivity index (χ3n) is 2.26. The van der Waals surface area contributed by atoms with Crippen molar-refractivity contribution in [1.82, 2.24) is 0 Å². The van der Waals surface area contributed by atoms with E-state index in [1.54, 1.807) is 0 Å². The molecule has 1 N–H and O–H groups in total. The third-order valence-corrected chi connectivity index (χ3v) is 2.26. The van der Waals surface area contributed by atoms with Crippen molar-refractivity contribution in [1.29, 1.82) is 0 Å². The van der Waals surface area contributed by atoms with Gasteiger partial charge in [0.1, 0.15) is 5.78 Å². The van der Waals surface area contributed by atoms with Crippen molar-refractivity contribution >= 4 is 11.5 Å². The van der Waals surface area contributed by atoms with Crippen molar-refractivity contribution in [3.63, 3.8) is 0 Å². The Kier molecular flexibility index (Phi) is 3.69. The van der Waals surface area contributed by atoms with Crippen LogP contribution in [0.15, 0.2) is 24.3 Å². The Labute approximate surface area is 85.3 Å². The monoisotopic (exact) mass is 191 g/mol. The van der Waals surface area contributed by atoms with E-state index in [0.717, 1.165) is 11.3 Å². The molecule has 0 radical (unpaired) electrons. The lowest BCUT2D eigenvalue weighted by atomic mass is 10.0.